The summed E-state index contributed by atoms with van der Waals surface area (Å²) in [6.45, 7) is 1.91. The predicted molar refractivity (Wildman–Crippen MR) is 141 cm³/mol. The lowest BCUT2D eigenvalue weighted by Crippen LogP contribution is -2.36. The van der Waals surface area contributed by atoms with Gasteiger partial charge < -0.3 is 5.73 Å². The van der Waals surface area contributed by atoms with E-state index < -0.39 is 21.3 Å². The van der Waals surface area contributed by atoms with Gasteiger partial charge in [-0.3, -0.25) is 14.8 Å². The minimum atomic E-state index is -3.71. The van der Waals surface area contributed by atoms with Crippen LogP contribution in [-0.2, 0) is 16.4 Å². The lowest BCUT2D eigenvalue weighted by molar-refractivity contribution is 0.565. The Morgan fingerprint density at radius 2 is 1.92 bits per heavy atom. The number of rotatable bonds is 5. The van der Waals surface area contributed by atoms with Gasteiger partial charge >= 0.3 is 0 Å². The Morgan fingerprint density at radius 3 is 2.64 bits per heavy atom. The van der Waals surface area contributed by atoms with Crippen LogP contribution in [0.3, 0.4) is 0 Å². The molecule has 3 N–H and O–H groups in total. The standard InChI is InChI=1S/C26H26N6O3S/c1-16-10-11-29-15-21(16)24-23(36(34,35)28-2)13-18(14-30-24)17-8-9-22-20(12-17)25(33)32(26(27)31-22)19-6-4-3-5-7-19/h3-7,10-15,23-24,28H,8-9H2,1-2H3,(H2,27,31). The van der Waals surface area contributed by atoms with Crippen LogP contribution in [0.15, 0.2) is 75.8 Å². The van der Waals surface area contributed by atoms with E-state index in [0.717, 1.165) is 16.7 Å². The molecule has 2 aliphatic rings. The summed E-state index contributed by atoms with van der Waals surface area (Å²) in [4.78, 5) is 26.8. The normalized spacial score (nSPS) is 19.4. The van der Waals surface area contributed by atoms with Crippen molar-refractivity contribution in [3.8, 4) is 5.69 Å². The molecular formula is C26H26N6O3S. The number of pyridine rings is 1. The highest BCUT2D eigenvalue weighted by molar-refractivity contribution is 7.90. The molecule has 36 heavy (non-hydrogen) atoms. The lowest BCUT2D eigenvalue weighted by Gasteiger charge is -2.27. The first kappa shape index (κ1) is 23.8. The summed E-state index contributed by atoms with van der Waals surface area (Å²) >= 11 is 0. The zero-order valence-corrected chi connectivity index (χ0v) is 20.7. The molecule has 0 spiro atoms. The molecule has 5 rings (SSSR count). The summed E-state index contributed by atoms with van der Waals surface area (Å²) < 4.78 is 29.9. The molecule has 1 aliphatic carbocycles. The highest BCUT2D eigenvalue weighted by Crippen LogP contribution is 2.35. The predicted octanol–water partition coefficient (Wildman–Crippen LogP) is 2.52. The smallest absolute Gasteiger partial charge is 0.267 e. The van der Waals surface area contributed by atoms with Crippen molar-refractivity contribution in [1.29, 1.82) is 0 Å². The number of dihydropyridines is 1. The van der Waals surface area contributed by atoms with Crippen LogP contribution < -0.4 is 16.0 Å². The molecule has 2 unspecified atom stereocenters. The number of aromatic nitrogens is 3. The molecule has 2 aromatic heterocycles. The van der Waals surface area contributed by atoms with Crippen molar-refractivity contribution in [3.05, 3.63) is 98.8 Å². The van der Waals surface area contributed by atoms with Crippen molar-refractivity contribution in [3.63, 3.8) is 0 Å². The second kappa shape index (κ2) is 9.29. The molecular weight excluding hydrogens is 476 g/mol. The van der Waals surface area contributed by atoms with Gasteiger partial charge in [0.05, 0.1) is 23.0 Å². The summed E-state index contributed by atoms with van der Waals surface area (Å²) in [7, 11) is -2.32. The summed E-state index contributed by atoms with van der Waals surface area (Å²) in [5.41, 5.74) is 10.7. The van der Waals surface area contributed by atoms with Crippen LogP contribution in [0, 0.1) is 6.92 Å². The fourth-order valence-electron chi connectivity index (χ4n) is 4.67. The van der Waals surface area contributed by atoms with E-state index in [2.05, 4.69) is 19.7 Å². The molecule has 1 aliphatic heterocycles. The van der Waals surface area contributed by atoms with Crippen LogP contribution in [0.4, 0.5) is 5.95 Å². The number of aryl methyl sites for hydroxylation is 2. The van der Waals surface area contributed by atoms with Crippen LogP contribution >= 0.6 is 0 Å². The minimum Gasteiger partial charge on any atom is -0.369 e. The number of para-hydroxylation sites is 1. The molecule has 3 heterocycles. The van der Waals surface area contributed by atoms with Gasteiger partial charge in [0.2, 0.25) is 16.0 Å². The third-order valence-electron chi connectivity index (χ3n) is 6.63. The number of nitrogen functional groups attached to an aromatic ring is 1. The summed E-state index contributed by atoms with van der Waals surface area (Å²) in [6, 6.07) is 10.3. The second-order valence-electron chi connectivity index (χ2n) is 8.77. The van der Waals surface area contributed by atoms with Crippen molar-refractivity contribution in [2.45, 2.75) is 31.1 Å². The van der Waals surface area contributed by atoms with E-state index in [9.17, 15) is 13.2 Å². The van der Waals surface area contributed by atoms with E-state index in [1.54, 1.807) is 42.9 Å². The molecule has 0 fully saturated rings. The highest BCUT2D eigenvalue weighted by atomic mass is 32.2. The van der Waals surface area contributed by atoms with Crippen molar-refractivity contribution in [2.75, 3.05) is 12.8 Å². The average Bonchev–Trinajstić information content (AvgIpc) is 2.89. The molecule has 0 amide bonds. The van der Waals surface area contributed by atoms with Crippen LogP contribution in [0.5, 0.6) is 0 Å². The summed E-state index contributed by atoms with van der Waals surface area (Å²) in [5, 5.41) is -0.932. The molecule has 10 heteroatoms. The van der Waals surface area contributed by atoms with E-state index in [1.165, 1.54) is 11.6 Å². The number of nitrogens with two attached hydrogens (primary N) is 1. The fourth-order valence-corrected chi connectivity index (χ4v) is 5.82. The monoisotopic (exact) mass is 502 g/mol. The van der Waals surface area contributed by atoms with Crippen LogP contribution in [0.1, 0.15) is 34.8 Å². The topological polar surface area (TPSA) is 132 Å². The quantitative estimate of drug-likeness (QED) is 0.551. The van der Waals surface area contributed by atoms with E-state index >= 15 is 0 Å². The van der Waals surface area contributed by atoms with Gasteiger partial charge in [0, 0.05) is 18.6 Å². The Morgan fingerprint density at radius 1 is 1.14 bits per heavy atom. The van der Waals surface area contributed by atoms with Gasteiger partial charge in [-0.15, -0.1) is 0 Å². The molecule has 0 radical (unpaired) electrons. The Kier molecular flexibility index (Phi) is 6.15. The third-order valence-corrected chi connectivity index (χ3v) is 8.31. The zero-order valence-electron chi connectivity index (χ0n) is 19.9. The van der Waals surface area contributed by atoms with Crippen molar-refractivity contribution >= 4 is 28.3 Å². The number of nitrogens with zero attached hydrogens (tertiary/aromatic N) is 4. The third kappa shape index (κ3) is 4.18. The van der Waals surface area contributed by atoms with E-state index in [0.29, 0.717) is 35.4 Å². The Hall–Kier alpha value is -3.89. The van der Waals surface area contributed by atoms with Crippen LogP contribution in [0.2, 0.25) is 0 Å². The minimum absolute atomic E-state index is 0.134. The Labute approximate surface area is 209 Å². The van der Waals surface area contributed by atoms with Crippen molar-refractivity contribution in [1.82, 2.24) is 19.3 Å². The number of nitrogens with one attached hydrogen (secondary N) is 1. The molecule has 2 atom stereocenters. The summed E-state index contributed by atoms with van der Waals surface area (Å²) in [6.07, 6.45) is 9.60. The number of anilines is 1. The largest absolute Gasteiger partial charge is 0.369 e. The highest BCUT2D eigenvalue weighted by Gasteiger charge is 2.35. The van der Waals surface area contributed by atoms with Gasteiger partial charge in [-0.25, -0.2) is 22.7 Å². The number of benzene rings is 1. The molecule has 0 saturated carbocycles. The molecule has 0 saturated heterocycles. The summed E-state index contributed by atoms with van der Waals surface area (Å²) in [5.74, 6) is 0.134. The van der Waals surface area contributed by atoms with Crippen molar-refractivity contribution in [2.24, 2.45) is 4.99 Å². The first-order valence-electron chi connectivity index (χ1n) is 11.6. The zero-order chi connectivity index (χ0) is 25.4. The second-order valence-corrected chi connectivity index (χ2v) is 10.8. The number of allylic oxidation sites excluding steroid dienone is 2. The van der Waals surface area contributed by atoms with E-state index in [-0.39, 0.29) is 11.5 Å². The maximum absolute atomic E-state index is 13.4. The van der Waals surface area contributed by atoms with E-state index in [1.807, 2.05) is 31.2 Å². The molecule has 3 aromatic rings. The number of sulfonamides is 1. The first-order chi connectivity index (χ1) is 17.3. The SMILES string of the molecule is CNS(=O)(=O)C1C=C(C2=Cc3c(nc(N)n(-c4ccccc4)c3=O)CC2)C=NC1c1cnccc1C. The Bertz CT molecular complexity index is 1590. The van der Waals surface area contributed by atoms with Gasteiger partial charge in [-0.05, 0) is 73.4 Å². The van der Waals surface area contributed by atoms with Crippen LogP contribution in [0.25, 0.3) is 11.8 Å². The maximum Gasteiger partial charge on any atom is 0.267 e. The number of aliphatic imine (C=N–C) groups is 1. The van der Waals surface area contributed by atoms with Crippen molar-refractivity contribution < 1.29 is 8.42 Å². The Balaban J connectivity index is 1.59. The van der Waals surface area contributed by atoms with Gasteiger partial charge in [-0.2, -0.15) is 0 Å². The lowest BCUT2D eigenvalue weighted by atomic mass is 9.89. The fraction of sp³-hybridized carbons (Fsp3) is 0.231. The number of hydrogen-bond donors (Lipinski definition) is 2. The van der Waals surface area contributed by atoms with Gasteiger partial charge in [0.25, 0.3) is 5.56 Å². The first-order valence-corrected chi connectivity index (χ1v) is 13.1. The van der Waals surface area contributed by atoms with Gasteiger partial charge in [0.15, 0.2) is 0 Å². The molecule has 9 nitrogen and oxygen atoms in total. The van der Waals surface area contributed by atoms with Crippen LogP contribution in [-0.4, -0.2) is 41.5 Å². The number of hydrogen-bond acceptors (Lipinski definition) is 7. The number of fused-ring (bicyclic) bond motifs is 1. The van der Waals surface area contributed by atoms with Gasteiger partial charge in [-0.1, -0.05) is 24.3 Å². The van der Waals surface area contributed by atoms with Gasteiger partial charge in [0.1, 0.15) is 5.25 Å². The molecule has 184 valence electrons. The average molecular weight is 503 g/mol. The molecule has 0 bridgehead atoms. The molecule has 1 aromatic carbocycles. The van der Waals surface area contributed by atoms with E-state index in [4.69, 9.17) is 5.73 Å². The maximum atomic E-state index is 13.4.